The maximum atomic E-state index is 10.5. The highest BCUT2D eigenvalue weighted by Gasteiger charge is 2.09. The number of aliphatic carboxylic acids is 1. The van der Waals surface area contributed by atoms with E-state index in [1.807, 2.05) is 12.1 Å². The largest absolute Gasteiger partial charge is 0.481 e. The molecule has 0 radical (unpaired) electrons. The van der Waals surface area contributed by atoms with Crippen molar-refractivity contribution in [3.8, 4) is 0 Å². The summed E-state index contributed by atoms with van der Waals surface area (Å²) in [4.78, 5) is 14.6. The van der Waals surface area contributed by atoms with E-state index in [-0.39, 0.29) is 6.42 Å². The lowest BCUT2D eigenvalue weighted by molar-refractivity contribution is -0.136. The first-order valence-electron chi connectivity index (χ1n) is 3.92. The molecule has 14 heavy (non-hydrogen) atoms. The van der Waals surface area contributed by atoms with E-state index in [0.29, 0.717) is 15.5 Å². The van der Waals surface area contributed by atoms with Gasteiger partial charge in [-0.1, -0.05) is 17.7 Å². The SMILES string of the molecule is O=C(O)Cc1nc2c(Cl)cccc2s1. The van der Waals surface area contributed by atoms with E-state index in [0.717, 1.165) is 4.70 Å². The van der Waals surface area contributed by atoms with E-state index < -0.39 is 5.97 Å². The number of rotatable bonds is 2. The third-order valence-electron chi connectivity index (χ3n) is 1.72. The van der Waals surface area contributed by atoms with E-state index in [4.69, 9.17) is 16.7 Å². The van der Waals surface area contributed by atoms with Crippen molar-refractivity contribution in [2.75, 3.05) is 0 Å². The lowest BCUT2D eigenvalue weighted by atomic mass is 10.3. The Labute approximate surface area is 89.0 Å². The van der Waals surface area contributed by atoms with Crippen molar-refractivity contribution >= 4 is 39.1 Å². The molecule has 1 aromatic carbocycles. The van der Waals surface area contributed by atoms with Crippen LogP contribution in [0.1, 0.15) is 5.01 Å². The molecule has 0 saturated carbocycles. The first kappa shape index (κ1) is 9.43. The second-order valence-corrected chi connectivity index (χ2v) is 4.29. The van der Waals surface area contributed by atoms with Crippen LogP contribution in [0, 0.1) is 0 Å². The minimum atomic E-state index is -0.875. The molecule has 72 valence electrons. The number of hydrogen-bond acceptors (Lipinski definition) is 3. The zero-order valence-corrected chi connectivity index (χ0v) is 8.60. The molecule has 2 aromatic rings. The van der Waals surface area contributed by atoms with Crippen LogP contribution in [-0.4, -0.2) is 16.1 Å². The van der Waals surface area contributed by atoms with Crippen molar-refractivity contribution in [3.63, 3.8) is 0 Å². The number of thiazole rings is 1. The number of carboxylic acids is 1. The normalized spacial score (nSPS) is 10.6. The highest BCUT2D eigenvalue weighted by molar-refractivity contribution is 7.18. The van der Waals surface area contributed by atoms with Crippen molar-refractivity contribution in [3.05, 3.63) is 28.2 Å². The molecule has 1 heterocycles. The molecule has 1 N–H and O–H groups in total. The summed E-state index contributed by atoms with van der Waals surface area (Å²) in [7, 11) is 0. The summed E-state index contributed by atoms with van der Waals surface area (Å²) in [5, 5.41) is 9.74. The average molecular weight is 228 g/mol. The van der Waals surface area contributed by atoms with Crippen LogP contribution in [0.4, 0.5) is 0 Å². The summed E-state index contributed by atoms with van der Waals surface area (Å²) in [6.45, 7) is 0. The third kappa shape index (κ3) is 1.71. The van der Waals surface area contributed by atoms with Gasteiger partial charge in [0.2, 0.25) is 0 Å². The topological polar surface area (TPSA) is 50.2 Å². The number of hydrogen-bond donors (Lipinski definition) is 1. The van der Waals surface area contributed by atoms with Gasteiger partial charge in [0.15, 0.2) is 0 Å². The Morgan fingerprint density at radius 1 is 1.57 bits per heavy atom. The fourth-order valence-electron chi connectivity index (χ4n) is 1.17. The maximum absolute atomic E-state index is 10.5. The lowest BCUT2D eigenvalue weighted by Gasteiger charge is -1.88. The van der Waals surface area contributed by atoms with Crippen LogP contribution in [0.25, 0.3) is 10.2 Å². The van der Waals surface area contributed by atoms with E-state index in [1.165, 1.54) is 11.3 Å². The highest BCUT2D eigenvalue weighted by Crippen LogP contribution is 2.27. The van der Waals surface area contributed by atoms with Gasteiger partial charge < -0.3 is 5.11 Å². The molecule has 0 aliphatic rings. The molecule has 5 heteroatoms. The van der Waals surface area contributed by atoms with Gasteiger partial charge in [-0.05, 0) is 12.1 Å². The number of fused-ring (bicyclic) bond motifs is 1. The Kier molecular flexibility index (Phi) is 2.39. The highest BCUT2D eigenvalue weighted by atomic mass is 35.5. The van der Waals surface area contributed by atoms with Crippen LogP contribution in [0.5, 0.6) is 0 Å². The van der Waals surface area contributed by atoms with Gasteiger partial charge in [0, 0.05) is 0 Å². The Balaban J connectivity index is 2.51. The Hall–Kier alpha value is -1.13. The zero-order valence-electron chi connectivity index (χ0n) is 7.03. The molecule has 2 rings (SSSR count). The van der Waals surface area contributed by atoms with E-state index in [1.54, 1.807) is 6.07 Å². The zero-order chi connectivity index (χ0) is 10.1. The molecule has 3 nitrogen and oxygen atoms in total. The summed E-state index contributed by atoms with van der Waals surface area (Å²) in [5.41, 5.74) is 0.690. The number of halogens is 1. The van der Waals surface area contributed by atoms with Gasteiger partial charge >= 0.3 is 5.97 Å². The van der Waals surface area contributed by atoms with E-state index in [2.05, 4.69) is 4.98 Å². The predicted molar refractivity (Wildman–Crippen MR) is 56.0 cm³/mol. The number of carboxylic acid groups (broad SMARTS) is 1. The van der Waals surface area contributed by atoms with Gasteiger partial charge in [-0.2, -0.15) is 0 Å². The molecule has 0 aliphatic heterocycles. The first-order chi connectivity index (χ1) is 6.66. The minimum absolute atomic E-state index is 0.0460. The molecular weight excluding hydrogens is 222 g/mol. The van der Waals surface area contributed by atoms with E-state index >= 15 is 0 Å². The van der Waals surface area contributed by atoms with Crippen LogP contribution < -0.4 is 0 Å². The van der Waals surface area contributed by atoms with E-state index in [9.17, 15) is 4.79 Å². The minimum Gasteiger partial charge on any atom is -0.481 e. The monoisotopic (exact) mass is 227 g/mol. The first-order valence-corrected chi connectivity index (χ1v) is 5.12. The fourth-order valence-corrected chi connectivity index (χ4v) is 2.42. The molecule has 0 unspecified atom stereocenters. The van der Waals surface area contributed by atoms with Gasteiger partial charge in [0.05, 0.1) is 16.1 Å². The molecule has 0 fully saturated rings. The van der Waals surface area contributed by atoms with Crippen molar-refractivity contribution in [2.24, 2.45) is 0 Å². The molecule has 0 bridgehead atoms. The predicted octanol–water partition coefficient (Wildman–Crippen LogP) is 2.58. The Morgan fingerprint density at radius 2 is 2.36 bits per heavy atom. The number of carbonyl (C=O) groups is 1. The molecule has 0 atom stereocenters. The lowest BCUT2D eigenvalue weighted by Crippen LogP contribution is -1.98. The standard InChI is InChI=1S/C9H6ClNO2S/c10-5-2-1-3-6-9(5)11-7(14-6)4-8(12)13/h1-3H,4H2,(H,12,13). The Bertz CT molecular complexity index is 495. The Morgan fingerprint density at radius 3 is 3.00 bits per heavy atom. The average Bonchev–Trinajstić information content (AvgIpc) is 2.47. The molecular formula is C9H6ClNO2S. The summed E-state index contributed by atoms with van der Waals surface area (Å²) in [5.74, 6) is -0.875. The van der Waals surface area contributed by atoms with Crippen molar-refractivity contribution < 1.29 is 9.90 Å². The van der Waals surface area contributed by atoms with Crippen molar-refractivity contribution in [1.29, 1.82) is 0 Å². The van der Waals surface area contributed by atoms with Crippen LogP contribution >= 0.6 is 22.9 Å². The number of para-hydroxylation sites is 1. The quantitative estimate of drug-likeness (QED) is 0.858. The maximum Gasteiger partial charge on any atom is 0.310 e. The summed E-state index contributed by atoms with van der Waals surface area (Å²) < 4.78 is 0.925. The van der Waals surface area contributed by atoms with Gasteiger partial charge in [0.1, 0.15) is 10.5 Å². The fraction of sp³-hybridized carbons (Fsp3) is 0.111. The summed E-state index contributed by atoms with van der Waals surface area (Å²) >= 11 is 7.27. The van der Waals surface area contributed by atoms with Crippen LogP contribution in [0.3, 0.4) is 0 Å². The second kappa shape index (κ2) is 3.55. The third-order valence-corrected chi connectivity index (χ3v) is 3.04. The number of aromatic nitrogens is 1. The summed E-state index contributed by atoms with van der Waals surface area (Å²) in [6.07, 6.45) is -0.0460. The molecule has 0 amide bonds. The van der Waals surface area contributed by atoms with Gasteiger partial charge in [0.25, 0.3) is 0 Å². The van der Waals surface area contributed by atoms with Gasteiger partial charge in [-0.25, -0.2) is 4.98 Å². The summed E-state index contributed by atoms with van der Waals surface area (Å²) in [6, 6.07) is 5.45. The van der Waals surface area contributed by atoms with Gasteiger partial charge in [-0.3, -0.25) is 4.79 Å². The van der Waals surface area contributed by atoms with Crippen molar-refractivity contribution in [2.45, 2.75) is 6.42 Å². The molecule has 0 spiro atoms. The molecule has 0 aliphatic carbocycles. The number of benzene rings is 1. The molecule has 1 aromatic heterocycles. The van der Waals surface area contributed by atoms with Crippen molar-refractivity contribution in [1.82, 2.24) is 4.98 Å². The van der Waals surface area contributed by atoms with Crippen LogP contribution in [-0.2, 0) is 11.2 Å². The molecule has 0 saturated heterocycles. The van der Waals surface area contributed by atoms with Gasteiger partial charge in [-0.15, -0.1) is 11.3 Å². The number of nitrogens with zero attached hydrogens (tertiary/aromatic N) is 1. The second-order valence-electron chi connectivity index (χ2n) is 2.76. The van der Waals surface area contributed by atoms with Crippen LogP contribution in [0.15, 0.2) is 18.2 Å². The smallest absolute Gasteiger partial charge is 0.310 e. The van der Waals surface area contributed by atoms with Crippen LogP contribution in [0.2, 0.25) is 5.02 Å².